The molecule has 2 nitrogen and oxygen atoms in total. The van der Waals surface area contributed by atoms with Crippen LogP contribution < -0.4 is 5.32 Å². The van der Waals surface area contributed by atoms with E-state index < -0.39 is 23.1 Å². The van der Waals surface area contributed by atoms with Crippen molar-refractivity contribution in [3.63, 3.8) is 0 Å². The Kier molecular flexibility index (Phi) is 6.08. The first kappa shape index (κ1) is 15.4. The Morgan fingerprint density at radius 1 is 1.44 bits per heavy atom. The molecule has 0 aliphatic heterocycles. The molecule has 0 fully saturated rings. The van der Waals surface area contributed by atoms with Gasteiger partial charge in [0.25, 0.3) is 5.91 Å². The van der Waals surface area contributed by atoms with E-state index in [-0.39, 0.29) is 10.5 Å². The van der Waals surface area contributed by atoms with Gasteiger partial charge in [-0.1, -0.05) is 15.9 Å². The van der Waals surface area contributed by atoms with Gasteiger partial charge in [-0.3, -0.25) is 4.79 Å². The molecule has 0 aliphatic rings. The highest BCUT2D eigenvalue weighted by atomic mass is 79.9. The fourth-order valence-corrected chi connectivity index (χ4v) is 2.41. The lowest BCUT2D eigenvalue weighted by molar-refractivity contribution is 0.0931. The lowest BCUT2D eigenvalue weighted by Gasteiger charge is -2.14. The van der Waals surface area contributed by atoms with Gasteiger partial charge >= 0.3 is 0 Å². The molecule has 6 heteroatoms. The highest BCUT2D eigenvalue weighted by Gasteiger charge is 2.19. The molecule has 1 aromatic carbocycles. The van der Waals surface area contributed by atoms with Gasteiger partial charge in [0, 0.05) is 10.5 Å². The topological polar surface area (TPSA) is 29.1 Å². The molecule has 0 bridgehead atoms. The Hall–Kier alpha value is -0.620. The van der Waals surface area contributed by atoms with Crippen LogP contribution in [0, 0.1) is 11.6 Å². The first-order valence-corrected chi connectivity index (χ1v) is 7.58. The van der Waals surface area contributed by atoms with Crippen LogP contribution in [0.3, 0.4) is 0 Å². The minimum Gasteiger partial charge on any atom is -0.349 e. The van der Waals surface area contributed by atoms with Crippen LogP contribution in [0.15, 0.2) is 16.6 Å². The van der Waals surface area contributed by atoms with Crippen molar-refractivity contribution in [2.75, 3.05) is 12.0 Å². The summed E-state index contributed by atoms with van der Waals surface area (Å²) in [5.41, 5.74) is -0.533. The van der Waals surface area contributed by atoms with Gasteiger partial charge in [-0.2, -0.15) is 11.8 Å². The number of hydrogen-bond acceptors (Lipinski definition) is 2. The molecule has 1 amide bonds. The van der Waals surface area contributed by atoms with Crippen LogP contribution >= 0.6 is 27.7 Å². The number of halogens is 3. The Labute approximate surface area is 118 Å². The standard InChI is InChI=1S/C12H14BrF2NOS/c1-7(3-4-18-2)16-12(17)11-9(14)5-8(13)6-10(11)15/h5-7H,3-4H2,1-2H3,(H,16,17)/t7-/m1/s1. The van der Waals surface area contributed by atoms with Crippen molar-refractivity contribution in [3.05, 3.63) is 33.8 Å². The van der Waals surface area contributed by atoms with Gasteiger partial charge in [0.2, 0.25) is 0 Å². The monoisotopic (exact) mass is 337 g/mol. The summed E-state index contributed by atoms with van der Waals surface area (Å²) in [5.74, 6) is -1.56. The maximum absolute atomic E-state index is 13.5. The summed E-state index contributed by atoms with van der Waals surface area (Å²) in [6, 6.07) is 2.03. The molecule has 0 unspecified atom stereocenters. The van der Waals surface area contributed by atoms with Crippen molar-refractivity contribution in [2.45, 2.75) is 19.4 Å². The van der Waals surface area contributed by atoms with Gasteiger partial charge in [-0.05, 0) is 37.5 Å². The molecule has 0 aromatic heterocycles. The quantitative estimate of drug-likeness (QED) is 0.889. The summed E-state index contributed by atoms with van der Waals surface area (Å²) in [4.78, 5) is 11.8. The van der Waals surface area contributed by atoms with Crippen molar-refractivity contribution in [1.29, 1.82) is 0 Å². The molecule has 0 heterocycles. The number of benzene rings is 1. The average molecular weight is 338 g/mol. The molecular formula is C12H14BrF2NOS. The maximum atomic E-state index is 13.5. The lowest BCUT2D eigenvalue weighted by atomic mass is 10.1. The second-order valence-electron chi connectivity index (χ2n) is 3.90. The Balaban J connectivity index is 2.78. The number of nitrogens with one attached hydrogen (secondary N) is 1. The van der Waals surface area contributed by atoms with E-state index in [4.69, 9.17) is 0 Å². The predicted octanol–water partition coefficient (Wildman–Crippen LogP) is 3.60. The Morgan fingerprint density at radius 3 is 2.50 bits per heavy atom. The number of thioether (sulfide) groups is 1. The minimum atomic E-state index is -0.864. The molecule has 0 spiro atoms. The molecule has 1 aromatic rings. The Morgan fingerprint density at radius 2 is 2.00 bits per heavy atom. The van der Waals surface area contributed by atoms with Crippen LogP contribution in [0.1, 0.15) is 23.7 Å². The van der Waals surface area contributed by atoms with Crippen molar-refractivity contribution in [1.82, 2.24) is 5.32 Å². The van der Waals surface area contributed by atoms with Gasteiger partial charge in [-0.15, -0.1) is 0 Å². The number of hydrogen-bond donors (Lipinski definition) is 1. The van der Waals surface area contributed by atoms with Crippen LogP contribution in [0.4, 0.5) is 8.78 Å². The normalized spacial score (nSPS) is 12.3. The fourth-order valence-electron chi connectivity index (χ4n) is 1.42. The fraction of sp³-hybridized carbons (Fsp3) is 0.417. The molecule has 0 saturated carbocycles. The van der Waals surface area contributed by atoms with E-state index in [1.165, 1.54) is 0 Å². The molecule has 1 atom stereocenters. The van der Waals surface area contributed by atoms with Crippen LogP contribution in [0.2, 0.25) is 0 Å². The van der Waals surface area contributed by atoms with Crippen LogP contribution in [-0.4, -0.2) is 24.0 Å². The number of amides is 1. The average Bonchev–Trinajstić information content (AvgIpc) is 2.24. The van der Waals surface area contributed by atoms with Gasteiger partial charge in [0.1, 0.15) is 17.2 Å². The van der Waals surface area contributed by atoms with E-state index in [1.54, 1.807) is 11.8 Å². The zero-order chi connectivity index (χ0) is 13.7. The molecule has 0 radical (unpaired) electrons. The van der Waals surface area contributed by atoms with Crippen molar-refractivity contribution in [2.24, 2.45) is 0 Å². The second kappa shape index (κ2) is 7.09. The molecule has 0 saturated heterocycles. The maximum Gasteiger partial charge on any atom is 0.257 e. The summed E-state index contributed by atoms with van der Waals surface area (Å²) in [6.07, 6.45) is 2.72. The SMILES string of the molecule is CSCC[C@@H](C)NC(=O)c1c(F)cc(Br)cc1F. The van der Waals surface area contributed by atoms with E-state index in [1.807, 2.05) is 13.2 Å². The highest BCUT2D eigenvalue weighted by Crippen LogP contribution is 2.19. The summed E-state index contributed by atoms with van der Waals surface area (Å²) < 4.78 is 27.3. The van der Waals surface area contributed by atoms with Crippen LogP contribution in [-0.2, 0) is 0 Å². The molecule has 100 valence electrons. The third-order valence-electron chi connectivity index (χ3n) is 2.37. The van der Waals surface area contributed by atoms with E-state index >= 15 is 0 Å². The largest absolute Gasteiger partial charge is 0.349 e. The highest BCUT2D eigenvalue weighted by molar-refractivity contribution is 9.10. The van der Waals surface area contributed by atoms with Gasteiger partial charge in [0.15, 0.2) is 0 Å². The number of carbonyl (C=O) groups is 1. The number of carbonyl (C=O) groups excluding carboxylic acids is 1. The minimum absolute atomic E-state index is 0.118. The number of rotatable bonds is 5. The van der Waals surface area contributed by atoms with E-state index in [9.17, 15) is 13.6 Å². The van der Waals surface area contributed by atoms with Crippen LogP contribution in [0.25, 0.3) is 0 Å². The zero-order valence-electron chi connectivity index (χ0n) is 10.1. The zero-order valence-corrected chi connectivity index (χ0v) is 12.5. The van der Waals surface area contributed by atoms with Crippen molar-refractivity contribution >= 4 is 33.6 Å². The Bertz CT molecular complexity index is 419. The molecule has 1 rings (SSSR count). The van der Waals surface area contributed by atoms with Crippen molar-refractivity contribution < 1.29 is 13.6 Å². The predicted molar refractivity (Wildman–Crippen MR) is 74.0 cm³/mol. The smallest absolute Gasteiger partial charge is 0.257 e. The first-order chi connectivity index (χ1) is 8.45. The third kappa shape index (κ3) is 4.24. The molecule has 0 aliphatic carbocycles. The molecular weight excluding hydrogens is 324 g/mol. The first-order valence-electron chi connectivity index (χ1n) is 5.40. The lowest BCUT2D eigenvalue weighted by Crippen LogP contribution is -2.34. The summed E-state index contributed by atoms with van der Waals surface area (Å²) in [5, 5.41) is 2.58. The van der Waals surface area contributed by atoms with E-state index in [0.29, 0.717) is 0 Å². The van der Waals surface area contributed by atoms with Gasteiger partial charge in [0.05, 0.1) is 0 Å². The molecule has 18 heavy (non-hydrogen) atoms. The van der Waals surface area contributed by atoms with Crippen molar-refractivity contribution in [3.8, 4) is 0 Å². The van der Waals surface area contributed by atoms with E-state index in [2.05, 4.69) is 21.2 Å². The van der Waals surface area contributed by atoms with Gasteiger partial charge in [-0.25, -0.2) is 8.78 Å². The summed E-state index contributed by atoms with van der Waals surface area (Å²) in [6.45, 7) is 1.81. The molecule has 1 N–H and O–H groups in total. The third-order valence-corrected chi connectivity index (χ3v) is 3.47. The van der Waals surface area contributed by atoms with E-state index in [0.717, 1.165) is 24.3 Å². The second-order valence-corrected chi connectivity index (χ2v) is 5.80. The summed E-state index contributed by atoms with van der Waals surface area (Å²) in [7, 11) is 0. The van der Waals surface area contributed by atoms with Crippen LogP contribution in [0.5, 0.6) is 0 Å². The van der Waals surface area contributed by atoms with Gasteiger partial charge < -0.3 is 5.32 Å². The summed E-state index contributed by atoms with van der Waals surface area (Å²) >= 11 is 4.62.